The number of nitrogens with one attached hydrogen (secondary N) is 3. The molecule has 0 bridgehead atoms. The lowest BCUT2D eigenvalue weighted by atomic mass is 9.89. The van der Waals surface area contributed by atoms with E-state index in [-0.39, 0.29) is 90.3 Å². The van der Waals surface area contributed by atoms with Gasteiger partial charge in [0.05, 0.1) is 11.0 Å². The number of rotatable bonds is 18. The molecule has 0 saturated heterocycles. The molecule has 0 saturated carbocycles. The van der Waals surface area contributed by atoms with E-state index in [2.05, 4.69) is 20.9 Å². The first-order valence-electron chi connectivity index (χ1n) is 18.3. The van der Waals surface area contributed by atoms with Gasteiger partial charge in [0.15, 0.2) is 21.1 Å². The van der Waals surface area contributed by atoms with Crippen molar-refractivity contribution >= 4 is 54.6 Å². The summed E-state index contributed by atoms with van der Waals surface area (Å²) in [6, 6.07) is 11.7. The zero-order chi connectivity index (χ0) is 42.3. The van der Waals surface area contributed by atoms with E-state index in [1.807, 2.05) is 20.8 Å². The van der Waals surface area contributed by atoms with Gasteiger partial charge in [-0.1, -0.05) is 39.0 Å². The van der Waals surface area contributed by atoms with Crippen molar-refractivity contribution in [2.24, 2.45) is 10.4 Å². The summed E-state index contributed by atoms with van der Waals surface area (Å²) in [6.07, 6.45) is 0.465. The molecule has 1 atom stereocenters. The average Bonchev–Trinajstić information content (AvgIpc) is 3.14. The Hall–Kier alpha value is -4.92. The smallest absolute Gasteiger partial charge is 0.300 e. The Labute approximate surface area is 331 Å². The molecule has 3 amide bonds. The Balaban J connectivity index is 1.54. The van der Waals surface area contributed by atoms with Gasteiger partial charge >= 0.3 is 0 Å². The highest BCUT2D eigenvalue weighted by molar-refractivity contribution is 7.86. The largest absolute Gasteiger partial charge is 0.453 e. The molecule has 2 aromatic carbocycles. The second kappa shape index (κ2) is 18.6. The lowest BCUT2D eigenvalue weighted by molar-refractivity contribution is -0.129. The number of aliphatic hydroxyl groups is 1. The summed E-state index contributed by atoms with van der Waals surface area (Å²) >= 11 is 0. The van der Waals surface area contributed by atoms with Crippen LogP contribution < -0.4 is 27.0 Å². The second-order valence-corrected chi connectivity index (χ2v) is 16.7. The van der Waals surface area contributed by atoms with Gasteiger partial charge in [-0.2, -0.15) is 16.8 Å². The lowest BCUT2D eigenvalue weighted by Crippen LogP contribution is -2.41. The van der Waals surface area contributed by atoms with E-state index in [4.69, 9.17) is 10.2 Å². The van der Waals surface area contributed by atoms with Crippen LogP contribution in [0.15, 0.2) is 67.7 Å². The molecule has 57 heavy (non-hydrogen) atoms. The summed E-state index contributed by atoms with van der Waals surface area (Å²) < 4.78 is 77.3. The van der Waals surface area contributed by atoms with E-state index in [0.717, 1.165) is 0 Å². The van der Waals surface area contributed by atoms with E-state index in [1.54, 1.807) is 25.1 Å². The molecule has 19 heteroatoms. The maximum absolute atomic E-state index is 14.0. The molecule has 0 spiro atoms. The van der Waals surface area contributed by atoms with Crippen molar-refractivity contribution in [3.63, 3.8) is 0 Å². The van der Waals surface area contributed by atoms with E-state index >= 15 is 0 Å². The van der Waals surface area contributed by atoms with Crippen LogP contribution in [0.3, 0.4) is 0 Å². The molecule has 2 aromatic rings. The van der Waals surface area contributed by atoms with Crippen molar-refractivity contribution < 1.29 is 49.8 Å². The third-order valence-electron chi connectivity index (χ3n) is 9.52. The normalized spacial score (nSPS) is 13.2. The Morgan fingerprint density at radius 3 is 2.25 bits per heavy atom. The standard InChI is InChI=1S/C38H50N6O11S2/c1-6-38(3,4)37(48)43-19-18-30(46)42-21-20-41-29(45)13-10-22-44(5)36(47)24-12-9-8-11-23(24)31-25-14-16-27(39)34(56(49,50)51)32(25)55-33-26(31)15-17-28(40-7-2)35(33)57(52,53)54/h8-9,11-12,14-17,30,42,46H,6-7,10,13,18-22,39H2,1-5H3,(H,41,45)(H,43,48)(H,49,50,51)(H,52,53,54). The van der Waals surface area contributed by atoms with E-state index < -0.39 is 64.6 Å². The summed E-state index contributed by atoms with van der Waals surface area (Å²) in [5.74, 6) is -1.34. The number of aliphatic hydroxyl groups excluding tert-OH is 1. The minimum absolute atomic E-state index is 0.0511. The number of hydrogen-bond acceptors (Lipinski definition) is 12. The van der Waals surface area contributed by atoms with Crippen molar-refractivity contribution in [2.45, 2.75) is 69.4 Å². The molecule has 1 unspecified atom stereocenters. The molecule has 1 aliphatic heterocycles. The first-order chi connectivity index (χ1) is 26.7. The number of nitrogen functional groups attached to an aromatic ring is 1. The third-order valence-corrected chi connectivity index (χ3v) is 11.4. The number of nitrogens with zero attached hydrogens (tertiary/aromatic N) is 2. The van der Waals surface area contributed by atoms with Crippen LogP contribution in [0.2, 0.25) is 0 Å². The van der Waals surface area contributed by atoms with Gasteiger partial charge in [-0.15, -0.1) is 0 Å². The molecule has 1 aliphatic carbocycles. The summed E-state index contributed by atoms with van der Waals surface area (Å²) in [5, 5.41) is 18.5. The maximum Gasteiger partial charge on any atom is 0.300 e. The molecule has 0 radical (unpaired) electrons. The number of nitrogens with two attached hydrogens (primary N) is 1. The molecule has 8 N–H and O–H groups in total. The van der Waals surface area contributed by atoms with Gasteiger partial charge in [0.2, 0.25) is 11.8 Å². The van der Waals surface area contributed by atoms with Crippen LogP contribution in [-0.2, 0) is 29.8 Å². The number of carbonyl (C=O) groups excluding carboxylic acids is 3. The highest BCUT2D eigenvalue weighted by Gasteiger charge is 2.32. The highest BCUT2D eigenvalue weighted by Crippen LogP contribution is 2.45. The molecular weight excluding hydrogens is 781 g/mol. The van der Waals surface area contributed by atoms with Crippen LogP contribution in [0.25, 0.3) is 33.4 Å². The van der Waals surface area contributed by atoms with Gasteiger partial charge in [0, 0.05) is 80.1 Å². The average molecular weight is 831 g/mol. The molecule has 310 valence electrons. The van der Waals surface area contributed by atoms with Crippen LogP contribution in [0, 0.1) is 5.41 Å². The molecule has 0 fully saturated rings. The van der Waals surface area contributed by atoms with Crippen LogP contribution in [0.1, 0.15) is 63.7 Å². The Morgan fingerprint density at radius 2 is 1.60 bits per heavy atom. The quantitative estimate of drug-likeness (QED) is 0.0250. The van der Waals surface area contributed by atoms with Gasteiger partial charge in [-0.25, -0.2) is 0 Å². The van der Waals surface area contributed by atoms with Crippen molar-refractivity contribution in [1.29, 1.82) is 0 Å². The zero-order valence-corrected chi connectivity index (χ0v) is 34.1. The van der Waals surface area contributed by atoms with E-state index in [0.29, 0.717) is 13.0 Å². The SMILES string of the molecule is CCN=c1ccc2c(-c3ccccc3C(=O)N(C)CCCC(=O)NCCNC(O)CCNC(=O)C(C)(C)CC)c3ccc(N)c(S(=O)(=O)O)c3oc-2c1S(=O)(=O)O. The van der Waals surface area contributed by atoms with E-state index in [9.17, 15) is 45.4 Å². The number of fused-ring (bicyclic) bond motifs is 2. The highest BCUT2D eigenvalue weighted by atomic mass is 32.2. The van der Waals surface area contributed by atoms with Crippen molar-refractivity contribution in [3.8, 4) is 22.5 Å². The van der Waals surface area contributed by atoms with E-state index in [1.165, 1.54) is 42.3 Å². The Morgan fingerprint density at radius 1 is 0.912 bits per heavy atom. The zero-order valence-electron chi connectivity index (χ0n) is 32.5. The van der Waals surface area contributed by atoms with Gasteiger partial charge in [-0.3, -0.25) is 33.8 Å². The molecule has 17 nitrogen and oxygen atoms in total. The first-order valence-corrected chi connectivity index (χ1v) is 21.2. The van der Waals surface area contributed by atoms with Gasteiger partial charge in [-0.05, 0) is 55.7 Å². The van der Waals surface area contributed by atoms with Crippen LogP contribution in [-0.4, -0.2) is 99.7 Å². The molecule has 2 aliphatic rings. The predicted molar refractivity (Wildman–Crippen MR) is 213 cm³/mol. The number of benzene rings is 3. The van der Waals surface area contributed by atoms with Crippen molar-refractivity contribution in [1.82, 2.24) is 20.9 Å². The van der Waals surface area contributed by atoms with Crippen LogP contribution in [0.4, 0.5) is 5.69 Å². The number of hydrogen-bond donors (Lipinski definition) is 7. The number of anilines is 1. The summed E-state index contributed by atoms with van der Waals surface area (Å²) in [4.78, 5) is 42.7. The predicted octanol–water partition coefficient (Wildman–Crippen LogP) is 3.02. The number of carbonyl (C=O) groups is 3. The minimum Gasteiger partial charge on any atom is -0.453 e. The monoisotopic (exact) mass is 830 g/mol. The molecule has 4 rings (SSSR count). The van der Waals surface area contributed by atoms with Crippen LogP contribution >= 0.6 is 0 Å². The van der Waals surface area contributed by atoms with Crippen molar-refractivity contribution in [3.05, 3.63) is 59.5 Å². The van der Waals surface area contributed by atoms with Gasteiger partial charge in [0.25, 0.3) is 26.1 Å². The summed E-state index contributed by atoms with van der Waals surface area (Å²) in [7, 11) is -8.58. The van der Waals surface area contributed by atoms with Gasteiger partial charge in [0.1, 0.15) is 6.23 Å². The summed E-state index contributed by atoms with van der Waals surface area (Å²) in [6.45, 7) is 8.34. The molecule has 1 heterocycles. The molecular formula is C38H50N6O11S2. The van der Waals surface area contributed by atoms with Crippen molar-refractivity contribution in [2.75, 3.05) is 45.5 Å². The lowest BCUT2D eigenvalue weighted by Gasteiger charge is -2.22. The number of amides is 3. The third kappa shape index (κ3) is 10.7. The fourth-order valence-electron chi connectivity index (χ4n) is 6.10. The summed E-state index contributed by atoms with van der Waals surface area (Å²) in [5.41, 5.74) is 5.12. The van der Waals surface area contributed by atoms with Gasteiger partial charge < -0.3 is 30.8 Å². The fraction of sp³-hybridized carbons (Fsp3) is 0.421. The molecule has 0 aromatic heterocycles. The van der Waals surface area contributed by atoms with Crippen LogP contribution in [0.5, 0.6) is 0 Å². The maximum atomic E-state index is 14.0. The first kappa shape index (κ1) is 44.8. The fourth-order valence-corrected chi connectivity index (χ4v) is 7.63. The minimum atomic E-state index is -5.07. The second-order valence-electron chi connectivity index (χ2n) is 14.0. The Kier molecular flexibility index (Phi) is 14.6. The Bertz CT molecular complexity index is 2400. The topological polar surface area (TPSA) is 271 Å².